The normalized spacial score (nSPS) is 12.4. The van der Waals surface area contributed by atoms with Crippen LogP contribution in [0.5, 0.6) is 0 Å². The molecule has 0 radical (unpaired) electrons. The molecule has 0 aliphatic carbocycles. The molecule has 0 aliphatic rings. The van der Waals surface area contributed by atoms with Crippen LogP contribution in [0.3, 0.4) is 0 Å². The summed E-state index contributed by atoms with van der Waals surface area (Å²) < 4.78 is 27.2. The molecule has 9 nitrogen and oxygen atoms in total. The molecule has 1 heterocycles. The number of hydrogen-bond acceptors (Lipinski definition) is 6. The minimum absolute atomic E-state index is 0.136. The zero-order valence-electron chi connectivity index (χ0n) is 18.6. The summed E-state index contributed by atoms with van der Waals surface area (Å²) in [7, 11) is -3.98. The molecule has 0 fully saturated rings. The largest absolute Gasteiger partial charge is 0.480 e. The van der Waals surface area contributed by atoms with Gasteiger partial charge >= 0.3 is 5.97 Å². The molecule has 0 bridgehead atoms. The highest BCUT2D eigenvalue weighted by Crippen LogP contribution is 2.28. The van der Waals surface area contributed by atoms with Crippen LogP contribution in [-0.4, -0.2) is 46.8 Å². The van der Waals surface area contributed by atoms with Crippen LogP contribution in [0.4, 0.5) is 5.69 Å². The van der Waals surface area contributed by atoms with Crippen molar-refractivity contribution in [2.24, 2.45) is 0 Å². The topological polar surface area (TPSA) is 122 Å². The van der Waals surface area contributed by atoms with Gasteiger partial charge in [0.25, 0.3) is 5.56 Å². The van der Waals surface area contributed by atoms with Crippen molar-refractivity contribution in [2.45, 2.75) is 19.0 Å². The maximum Gasteiger partial charge on any atom is 0.327 e. The summed E-state index contributed by atoms with van der Waals surface area (Å²) in [5, 5.41) is 18.7. The lowest BCUT2D eigenvalue weighted by Gasteiger charge is -2.29. The van der Waals surface area contributed by atoms with Crippen molar-refractivity contribution in [1.82, 2.24) is 15.0 Å². The van der Waals surface area contributed by atoms with Crippen LogP contribution < -0.4 is 9.86 Å². The molecule has 0 unspecified atom stereocenters. The fraction of sp³-hybridized carbons (Fsp3) is 0.167. The predicted octanol–water partition coefficient (Wildman–Crippen LogP) is 3.42. The summed E-state index contributed by atoms with van der Waals surface area (Å²) in [4.78, 5) is 24.9. The van der Waals surface area contributed by atoms with Crippen molar-refractivity contribution < 1.29 is 18.3 Å². The van der Waals surface area contributed by atoms with Gasteiger partial charge in [-0.1, -0.05) is 53.2 Å². The van der Waals surface area contributed by atoms with E-state index in [-0.39, 0.29) is 18.7 Å². The lowest BCUT2D eigenvalue weighted by Crippen LogP contribution is -2.46. The van der Waals surface area contributed by atoms with E-state index in [0.717, 1.165) is 26.4 Å². The van der Waals surface area contributed by atoms with Gasteiger partial charge in [-0.15, -0.1) is 5.10 Å². The number of hydrogen-bond donors (Lipinski definition) is 1. The third-order valence-corrected chi connectivity index (χ3v) is 6.90. The quantitative estimate of drug-likeness (QED) is 0.383. The fourth-order valence-electron chi connectivity index (χ4n) is 3.80. The van der Waals surface area contributed by atoms with Gasteiger partial charge in [0.15, 0.2) is 0 Å². The molecule has 11 heteroatoms. The lowest BCUT2D eigenvalue weighted by atomic mass is 10.1. The van der Waals surface area contributed by atoms with E-state index in [1.165, 1.54) is 0 Å². The summed E-state index contributed by atoms with van der Waals surface area (Å²) in [5.74, 6) is -1.35. The van der Waals surface area contributed by atoms with Gasteiger partial charge in [-0.3, -0.25) is 9.10 Å². The number of carboxylic acid groups (broad SMARTS) is 1. The molecule has 1 aromatic heterocycles. The Morgan fingerprint density at radius 3 is 2.23 bits per heavy atom. The van der Waals surface area contributed by atoms with Gasteiger partial charge in [-0.05, 0) is 53.9 Å². The van der Waals surface area contributed by atoms with E-state index in [1.54, 1.807) is 60.7 Å². The Morgan fingerprint density at radius 1 is 1.03 bits per heavy atom. The third kappa shape index (κ3) is 5.33. The number of sulfonamides is 1. The monoisotopic (exact) mass is 512 g/mol. The van der Waals surface area contributed by atoms with Gasteiger partial charge < -0.3 is 5.11 Å². The first kappa shape index (κ1) is 24.4. The second-order valence-electron chi connectivity index (χ2n) is 7.89. The summed E-state index contributed by atoms with van der Waals surface area (Å²) >= 11 is 5.93. The average Bonchev–Trinajstić information content (AvgIpc) is 2.83. The number of benzene rings is 3. The fourth-order valence-corrected chi connectivity index (χ4v) is 5.09. The van der Waals surface area contributed by atoms with Crippen LogP contribution in [-0.2, 0) is 21.4 Å². The second kappa shape index (κ2) is 9.85. The number of aryl methyl sites for hydroxylation is 1. The molecule has 1 atom stereocenters. The minimum Gasteiger partial charge on any atom is -0.480 e. The van der Waals surface area contributed by atoms with Gasteiger partial charge in [0, 0.05) is 11.6 Å². The second-order valence-corrected chi connectivity index (χ2v) is 10.2. The first-order chi connectivity index (χ1) is 16.6. The van der Waals surface area contributed by atoms with Gasteiger partial charge in [0.05, 0.1) is 17.3 Å². The Morgan fingerprint density at radius 2 is 1.63 bits per heavy atom. The van der Waals surface area contributed by atoms with Crippen LogP contribution in [0, 0.1) is 0 Å². The standard InChI is InChI=1S/C24H21ClN4O5S/c1-35(33,34)29(19-12-8-17(9-13-19)16-6-10-18(25)11-7-16)22(24(31)32)14-15-28-23(30)20-4-2-3-5-21(20)26-27-28/h2-13,22H,14-15H2,1H3,(H,31,32)/t22-/m1/s1. The number of halogens is 1. The highest BCUT2D eigenvalue weighted by atomic mass is 35.5. The molecular formula is C24H21ClN4O5S. The smallest absolute Gasteiger partial charge is 0.327 e. The van der Waals surface area contributed by atoms with E-state index in [0.29, 0.717) is 15.9 Å². The van der Waals surface area contributed by atoms with Gasteiger partial charge in [0.1, 0.15) is 11.6 Å². The number of nitrogens with zero attached hydrogens (tertiary/aromatic N) is 4. The highest BCUT2D eigenvalue weighted by Gasteiger charge is 2.32. The zero-order valence-corrected chi connectivity index (χ0v) is 20.1. The van der Waals surface area contributed by atoms with E-state index < -0.39 is 27.6 Å². The molecule has 0 amide bonds. The molecule has 180 valence electrons. The van der Waals surface area contributed by atoms with Crippen molar-refractivity contribution in [3.05, 3.63) is 88.2 Å². The van der Waals surface area contributed by atoms with Crippen LogP contribution in [0.25, 0.3) is 22.0 Å². The van der Waals surface area contributed by atoms with Crippen LogP contribution >= 0.6 is 11.6 Å². The molecule has 0 aliphatic heterocycles. The van der Waals surface area contributed by atoms with Gasteiger partial charge in [0.2, 0.25) is 10.0 Å². The maximum atomic E-state index is 12.7. The zero-order chi connectivity index (χ0) is 25.2. The van der Waals surface area contributed by atoms with Crippen LogP contribution in [0.2, 0.25) is 5.02 Å². The molecule has 0 spiro atoms. The van der Waals surface area contributed by atoms with E-state index >= 15 is 0 Å². The van der Waals surface area contributed by atoms with Crippen LogP contribution in [0.15, 0.2) is 77.6 Å². The van der Waals surface area contributed by atoms with Crippen LogP contribution in [0.1, 0.15) is 6.42 Å². The molecule has 4 rings (SSSR count). The van der Waals surface area contributed by atoms with E-state index in [1.807, 2.05) is 12.1 Å². The first-order valence-corrected chi connectivity index (χ1v) is 12.8. The maximum absolute atomic E-state index is 12.7. The van der Waals surface area contributed by atoms with Crippen molar-refractivity contribution in [2.75, 3.05) is 10.6 Å². The number of carbonyl (C=O) groups is 1. The number of anilines is 1. The van der Waals surface area contributed by atoms with Crippen molar-refractivity contribution in [3.63, 3.8) is 0 Å². The molecular weight excluding hydrogens is 492 g/mol. The molecule has 1 N–H and O–H groups in total. The number of carboxylic acids is 1. The Balaban J connectivity index is 1.64. The SMILES string of the molecule is CS(=O)(=O)N(c1ccc(-c2ccc(Cl)cc2)cc1)[C@H](CCn1nnc2ccccc2c1=O)C(=O)O. The van der Waals surface area contributed by atoms with E-state index in [9.17, 15) is 23.1 Å². The van der Waals surface area contributed by atoms with Crippen molar-refractivity contribution in [3.8, 4) is 11.1 Å². The lowest BCUT2D eigenvalue weighted by molar-refractivity contribution is -0.138. The molecule has 3 aromatic carbocycles. The summed E-state index contributed by atoms with van der Waals surface area (Å²) in [6.45, 7) is -0.136. The molecule has 35 heavy (non-hydrogen) atoms. The Hall–Kier alpha value is -3.76. The number of rotatable bonds is 8. The third-order valence-electron chi connectivity index (χ3n) is 5.47. The Labute approximate surface area is 206 Å². The molecule has 4 aromatic rings. The number of aromatic nitrogens is 3. The predicted molar refractivity (Wildman–Crippen MR) is 134 cm³/mol. The average molecular weight is 513 g/mol. The summed E-state index contributed by atoms with van der Waals surface area (Å²) in [6.07, 6.45) is 0.742. The minimum atomic E-state index is -3.98. The van der Waals surface area contributed by atoms with E-state index in [4.69, 9.17) is 11.6 Å². The van der Waals surface area contributed by atoms with Crippen molar-refractivity contribution >= 4 is 44.2 Å². The van der Waals surface area contributed by atoms with Crippen molar-refractivity contribution in [1.29, 1.82) is 0 Å². The van der Waals surface area contributed by atoms with E-state index in [2.05, 4.69) is 10.3 Å². The molecule has 0 saturated carbocycles. The van der Waals surface area contributed by atoms with Gasteiger partial charge in [-0.2, -0.15) is 0 Å². The highest BCUT2D eigenvalue weighted by molar-refractivity contribution is 7.92. The summed E-state index contributed by atoms with van der Waals surface area (Å²) in [5.41, 5.74) is 1.86. The number of fused-ring (bicyclic) bond motifs is 1. The number of aliphatic carboxylic acids is 1. The summed E-state index contributed by atoms with van der Waals surface area (Å²) in [6, 6.07) is 18.8. The Bertz CT molecular complexity index is 1540. The first-order valence-electron chi connectivity index (χ1n) is 10.6. The Kier molecular flexibility index (Phi) is 6.86. The molecule has 0 saturated heterocycles. The van der Waals surface area contributed by atoms with Gasteiger partial charge in [-0.25, -0.2) is 17.9 Å².